The molecule has 1 fully saturated rings. The number of hydrogen-bond donors (Lipinski definition) is 6. The lowest BCUT2D eigenvalue weighted by atomic mass is 9.81. The molecule has 3 rings (SSSR count). The van der Waals surface area contributed by atoms with Crippen molar-refractivity contribution >= 4 is 41.7 Å². The number of primary amides is 1. The first-order chi connectivity index (χ1) is 15.8. The van der Waals surface area contributed by atoms with Gasteiger partial charge in [0.15, 0.2) is 0 Å². The van der Waals surface area contributed by atoms with E-state index in [1.807, 2.05) is 30.3 Å². The van der Waals surface area contributed by atoms with E-state index in [1.165, 1.54) is 0 Å². The van der Waals surface area contributed by atoms with Gasteiger partial charge in [-0.3, -0.25) is 4.79 Å². The lowest BCUT2D eigenvalue weighted by Gasteiger charge is -2.27. The van der Waals surface area contributed by atoms with Crippen molar-refractivity contribution in [1.82, 2.24) is 5.32 Å². The van der Waals surface area contributed by atoms with Gasteiger partial charge in [-0.25, -0.2) is 9.59 Å². The van der Waals surface area contributed by atoms with Crippen LogP contribution in [0.4, 0.5) is 16.2 Å². The highest BCUT2D eigenvalue weighted by Gasteiger charge is 2.29. The molecule has 9 N–H and O–H groups in total. The summed E-state index contributed by atoms with van der Waals surface area (Å²) in [5, 5.41) is 14.4. The van der Waals surface area contributed by atoms with Crippen LogP contribution in [0.5, 0.6) is 0 Å². The standard InChI is InChI=1S/C17H24N2O3.C7H9N3O.ClH/c18-11-13-6-8-14(9-7-13)16(20)19-15(17(21)22)10-12-4-2-1-3-5-12;8-5-1-3-6(4-2-5)10-7(9)11;/h1-5,13-15H,6-11,18H2,(H,19,20)(H,21,22);1-4H,8H2,(H3,9,10,11);1H/t13-,14-,15-;;/m0../s1. The SMILES string of the molecule is Cl.NC(=O)Nc1ccc(N)cc1.NC[C@H]1CC[C@H](C(=O)N[C@@H](Cc2ccccc2)C(=O)O)CC1. The van der Waals surface area contributed by atoms with Gasteiger partial charge in [0.1, 0.15) is 6.04 Å². The molecule has 0 saturated heterocycles. The highest BCUT2D eigenvalue weighted by atomic mass is 35.5. The number of nitrogens with one attached hydrogen (secondary N) is 2. The van der Waals surface area contributed by atoms with Gasteiger partial charge in [-0.05, 0) is 68.0 Å². The number of urea groups is 1. The van der Waals surface area contributed by atoms with E-state index in [2.05, 4.69) is 10.6 Å². The van der Waals surface area contributed by atoms with E-state index in [0.717, 1.165) is 31.2 Å². The molecule has 0 aromatic heterocycles. The van der Waals surface area contributed by atoms with Crippen molar-refractivity contribution in [3.05, 3.63) is 60.2 Å². The third kappa shape index (κ3) is 10.1. The molecule has 0 aliphatic heterocycles. The fourth-order valence-electron chi connectivity index (χ4n) is 3.71. The van der Waals surface area contributed by atoms with Gasteiger partial charge in [-0.2, -0.15) is 0 Å². The predicted molar refractivity (Wildman–Crippen MR) is 136 cm³/mol. The first-order valence-electron chi connectivity index (χ1n) is 11.0. The number of carbonyl (C=O) groups is 3. The highest BCUT2D eigenvalue weighted by Crippen LogP contribution is 2.28. The smallest absolute Gasteiger partial charge is 0.326 e. The third-order valence-corrected chi connectivity index (χ3v) is 5.63. The summed E-state index contributed by atoms with van der Waals surface area (Å²) in [7, 11) is 0. The molecule has 0 spiro atoms. The number of hydrogen-bond acceptors (Lipinski definition) is 5. The van der Waals surface area contributed by atoms with Crippen LogP contribution in [-0.2, 0) is 16.0 Å². The van der Waals surface area contributed by atoms with E-state index < -0.39 is 18.0 Å². The van der Waals surface area contributed by atoms with Crippen molar-refractivity contribution in [2.24, 2.45) is 23.3 Å². The van der Waals surface area contributed by atoms with Crippen LogP contribution in [0.3, 0.4) is 0 Å². The van der Waals surface area contributed by atoms with Crippen molar-refractivity contribution in [1.29, 1.82) is 0 Å². The van der Waals surface area contributed by atoms with Crippen molar-refractivity contribution in [2.75, 3.05) is 17.6 Å². The normalized spacial score (nSPS) is 17.7. The van der Waals surface area contributed by atoms with Crippen LogP contribution in [0.15, 0.2) is 54.6 Å². The minimum absolute atomic E-state index is 0. The number of amides is 3. The number of benzene rings is 2. The van der Waals surface area contributed by atoms with Gasteiger partial charge in [-0.15, -0.1) is 12.4 Å². The largest absolute Gasteiger partial charge is 0.480 e. The molecule has 1 aliphatic carbocycles. The zero-order valence-electron chi connectivity index (χ0n) is 19.0. The fraction of sp³-hybridized carbons (Fsp3) is 0.375. The summed E-state index contributed by atoms with van der Waals surface area (Å²) in [5.41, 5.74) is 18.2. The number of nitrogens with two attached hydrogens (primary N) is 3. The molecule has 0 radical (unpaired) electrons. The van der Waals surface area contributed by atoms with Gasteiger partial charge in [0, 0.05) is 23.7 Å². The molecular weight excluding hydrogens is 458 g/mol. The Morgan fingerprint density at radius 2 is 1.56 bits per heavy atom. The molecule has 2 aromatic rings. The molecule has 1 saturated carbocycles. The van der Waals surface area contributed by atoms with Gasteiger partial charge >= 0.3 is 12.0 Å². The molecule has 1 aliphatic rings. The molecule has 1 atom stereocenters. The molecule has 0 bridgehead atoms. The Hall–Kier alpha value is -3.30. The monoisotopic (exact) mass is 491 g/mol. The molecule has 2 aromatic carbocycles. The van der Waals surface area contributed by atoms with E-state index in [4.69, 9.17) is 17.2 Å². The first-order valence-corrected chi connectivity index (χ1v) is 11.0. The van der Waals surface area contributed by atoms with Crippen LogP contribution in [0, 0.1) is 11.8 Å². The van der Waals surface area contributed by atoms with Crippen LogP contribution in [0.2, 0.25) is 0 Å². The summed E-state index contributed by atoms with van der Waals surface area (Å²) in [4.78, 5) is 34.0. The van der Waals surface area contributed by atoms with Gasteiger partial charge in [0.05, 0.1) is 0 Å². The van der Waals surface area contributed by atoms with Crippen molar-refractivity contribution < 1.29 is 19.5 Å². The second-order valence-electron chi connectivity index (χ2n) is 8.15. The maximum absolute atomic E-state index is 12.3. The molecule has 0 unspecified atom stereocenters. The van der Waals surface area contributed by atoms with Crippen molar-refractivity contribution in [3.63, 3.8) is 0 Å². The fourth-order valence-corrected chi connectivity index (χ4v) is 3.71. The average Bonchev–Trinajstić information content (AvgIpc) is 2.81. The zero-order chi connectivity index (χ0) is 24.2. The van der Waals surface area contributed by atoms with Crippen LogP contribution >= 0.6 is 12.4 Å². The summed E-state index contributed by atoms with van der Waals surface area (Å²) >= 11 is 0. The lowest BCUT2D eigenvalue weighted by Crippen LogP contribution is -2.45. The number of aliphatic carboxylic acids is 1. The Morgan fingerprint density at radius 3 is 2.06 bits per heavy atom. The number of rotatable bonds is 7. The second kappa shape index (κ2) is 14.8. The Labute approximate surface area is 205 Å². The van der Waals surface area contributed by atoms with Gasteiger partial charge < -0.3 is 32.9 Å². The number of carbonyl (C=O) groups excluding carboxylic acids is 2. The number of halogens is 1. The minimum Gasteiger partial charge on any atom is -0.480 e. The molecule has 10 heteroatoms. The molecule has 34 heavy (non-hydrogen) atoms. The number of nitrogen functional groups attached to an aromatic ring is 1. The highest BCUT2D eigenvalue weighted by molar-refractivity contribution is 5.88. The third-order valence-electron chi connectivity index (χ3n) is 5.63. The van der Waals surface area contributed by atoms with E-state index in [0.29, 0.717) is 30.3 Å². The summed E-state index contributed by atoms with van der Waals surface area (Å²) in [6.45, 7) is 0.667. The van der Waals surface area contributed by atoms with E-state index in [9.17, 15) is 19.5 Å². The van der Waals surface area contributed by atoms with Gasteiger partial charge in [-0.1, -0.05) is 30.3 Å². The molecule has 186 valence electrons. The maximum Gasteiger partial charge on any atom is 0.326 e. The average molecular weight is 492 g/mol. The van der Waals surface area contributed by atoms with Crippen LogP contribution in [0.1, 0.15) is 31.2 Å². The first kappa shape index (κ1) is 28.7. The zero-order valence-corrected chi connectivity index (χ0v) is 19.8. The lowest BCUT2D eigenvalue weighted by molar-refractivity contribution is -0.142. The maximum atomic E-state index is 12.3. The number of carboxylic acid groups (broad SMARTS) is 1. The van der Waals surface area contributed by atoms with E-state index in [-0.39, 0.29) is 24.2 Å². The van der Waals surface area contributed by atoms with E-state index >= 15 is 0 Å². The van der Waals surface area contributed by atoms with Crippen LogP contribution in [-0.4, -0.2) is 35.6 Å². The number of anilines is 2. The Kier molecular flexibility index (Phi) is 12.5. The quantitative estimate of drug-likeness (QED) is 0.324. The molecule has 0 heterocycles. The summed E-state index contributed by atoms with van der Waals surface area (Å²) in [6, 6.07) is 14.6. The molecular formula is C24H34ClN5O4. The predicted octanol–water partition coefficient (Wildman–Crippen LogP) is 2.74. The molecule has 9 nitrogen and oxygen atoms in total. The number of carboxylic acids is 1. The Balaban J connectivity index is 0.000000407. The Morgan fingerprint density at radius 1 is 0.971 bits per heavy atom. The van der Waals surface area contributed by atoms with Crippen LogP contribution < -0.4 is 27.8 Å². The summed E-state index contributed by atoms with van der Waals surface area (Å²) in [5.74, 6) is -0.712. The molecule has 3 amide bonds. The Bertz CT molecular complexity index is 903. The van der Waals surface area contributed by atoms with Gasteiger partial charge in [0.25, 0.3) is 0 Å². The summed E-state index contributed by atoms with van der Waals surface area (Å²) in [6.07, 6.45) is 3.80. The van der Waals surface area contributed by atoms with Crippen molar-refractivity contribution in [3.8, 4) is 0 Å². The topological polar surface area (TPSA) is 174 Å². The second-order valence-corrected chi connectivity index (χ2v) is 8.15. The van der Waals surface area contributed by atoms with Gasteiger partial charge in [0.2, 0.25) is 5.91 Å². The minimum atomic E-state index is -0.993. The van der Waals surface area contributed by atoms with Crippen molar-refractivity contribution in [2.45, 2.75) is 38.1 Å². The van der Waals surface area contributed by atoms with E-state index in [1.54, 1.807) is 24.3 Å². The summed E-state index contributed by atoms with van der Waals surface area (Å²) < 4.78 is 0. The van der Waals surface area contributed by atoms with Crippen LogP contribution in [0.25, 0.3) is 0 Å².